The van der Waals surface area contributed by atoms with Crippen molar-refractivity contribution in [2.75, 3.05) is 7.11 Å². The van der Waals surface area contributed by atoms with E-state index >= 15 is 0 Å². The zero-order valence-electron chi connectivity index (χ0n) is 20.8. The molecular formula is C27H24N2O9S. The molecule has 3 aromatic rings. The topological polar surface area (TPSA) is 183 Å². The van der Waals surface area contributed by atoms with Crippen molar-refractivity contribution in [2.24, 2.45) is 5.10 Å². The zero-order chi connectivity index (χ0) is 28.3. The van der Waals surface area contributed by atoms with Gasteiger partial charge in [-0.25, -0.2) is 4.83 Å². The van der Waals surface area contributed by atoms with Gasteiger partial charge in [-0.05, 0) is 25.1 Å². The first-order valence-electron chi connectivity index (χ1n) is 11.8. The molecule has 0 saturated carbocycles. The monoisotopic (exact) mass is 552 g/mol. The van der Waals surface area contributed by atoms with E-state index in [1.54, 1.807) is 6.07 Å². The highest BCUT2D eigenvalue weighted by molar-refractivity contribution is 7.89. The van der Waals surface area contributed by atoms with E-state index in [-0.39, 0.29) is 38.6 Å². The zero-order valence-corrected chi connectivity index (χ0v) is 21.6. The van der Waals surface area contributed by atoms with Crippen LogP contribution in [0.4, 0.5) is 0 Å². The summed E-state index contributed by atoms with van der Waals surface area (Å²) in [7, 11) is -2.74. The molecule has 11 nitrogen and oxygen atoms in total. The van der Waals surface area contributed by atoms with Gasteiger partial charge in [0.05, 0.1) is 40.5 Å². The molecule has 3 aromatic carbocycles. The van der Waals surface area contributed by atoms with Gasteiger partial charge in [-0.2, -0.15) is 13.5 Å². The summed E-state index contributed by atoms with van der Waals surface area (Å²) in [4.78, 5) is 28.8. The summed E-state index contributed by atoms with van der Waals surface area (Å²) in [5.74, 6) is -2.79. The smallest absolute Gasteiger partial charge is 0.276 e. The first-order chi connectivity index (χ1) is 18.4. The largest absolute Gasteiger partial charge is 0.507 e. The van der Waals surface area contributed by atoms with Gasteiger partial charge in [0, 0.05) is 29.5 Å². The molecule has 0 unspecified atom stereocenters. The Bertz CT molecular complexity index is 1680. The number of carbonyl (C=O) groups excluding carboxylic acids is 2. The number of hydrogen-bond acceptors (Lipinski definition) is 10. The number of aromatic hydroxyl groups is 2. The summed E-state index contributed by atoms with van der Waals surface area (Å²) in [6.07, 6.45) is -2.50. The minimum atomic E-state index is -4.06. The Labute approximate surface area is 223 Å². The molecule has 2 aliphatic rings. The molecule has 12 heteroatoms. The summed E-state index contributed by atoms with van der Waals surface area (Å²) in [5.41, 5.74) is -3.56. The Morgan fingerprint density at radius 1 is 1.00 bits per heavy atom. The molecule has 0 spiro atoms. The van der Waals surface area contributed by atoms with Crippen LogP contribution in [0.25, 0.3) is 0 Å². The maximum absolute atomic E-state index is 13.4. The van der Waals surface area contributed by atoms with Gasteiger partial charge in [0.25, 0.3) is 10.0 Å². The summed E-state index contributed by atoms with van der Waals surface area (Å²) in [5, 5.41) is 48.5. The van der Waals surface area contributed by atoms with Crippen molar-refractivity contribution in [3.63, 3.8) is 0 Å². The minimum Gasteiger partial charge on any atom is -0.507 e. The number of aliphatic hydroxyl groups is 2. The Balaban J connectivity index is 1.58. The quantitative estimate of drug-likeness (QED) is 0.140. The predicted octanol–water partition coefficient (Wildman–Crippen LogP) is 1.95. The lowest BCUT2D eigenvalue weighted by Crippen LogP contribution is -2.45. The average molecular weight is 553 g/mol. The van der Waals surface area contributed by atoms with E-state index < -0.39 is 68.8 Å². The van der Waals surface area contributed by atoms with Crippen molar-refractivity contribution in [3.05, 3.63) is 81.9 Å². The molecule has 0 aliphatic heterocycles. The number of ether oxygens (including phenoxy) is 1. The fourth-order valence-electron chi connectivity index (χ4n) is 5.10. The minimum absolute atomic E-state index is 0.0406. The van der Waals surface area contributed by atoms with E-state index in [1.807, 2.05) is 4.83 Å². The number of phenolic OH excluding ortho intramolecular Hbond substituents is 2. The third kappa shape index (κ3) is 4.04. The normalized spacial score (nSPS) is 20.6. The third-order valence-electron chi connectivity index (χ3n) is 7.16. The van der Waals surface area contributed by atoms with Gasteiger partial charge in [0.2, 0.25) is 5.78 Å². The van der Waals surface area contributed by atoms with Crippen LogP contribution in [0.3, 0.4) is 0 Å². The number of nitrogens with one attached hydrogen (secondary N) is 1. The van der Waals surface area contributed by atoms with E-state index in [1.165, 1.54) is 56.5 Å². The molecule has 0 amide bonds. The van der Waals surface area contributed by atoms with E-state index in [0.29, 0.717) is 0 Å². The van der Waals surface area contributed by atoms with Crippen LogP contribution in [0.1, 0.15) is 62.4 Å². The molecule has 0 heterocycles. The predicted molar refractivity (Wildman–Crippen MR) is 138 cm³/mol. The molecule has 5 N–H and O–H groups in total. The second kappa shape index (κ2) is 9.19. The second-order valence-electron chi connectivity index (χ2n) is 9.41. The van der Waals surface area contributed by atoms with Gasteiger partial charge in [0.15, 0.2) is 5.78 Å². The standard InChI is InChI=1S/C27H24N2O9S/c1-13(28-29-39(36,37)14-7-4-3-5-8-14)27(35)11-16-19(17(30)12-27)25(33)22-21(24(16)32)23(31)15-9-6-10-18(38-2)20(15)26(22)34/h3-10,17,29-30,32-33,35H,11-12H2,1-2H3/b28-13+/t17-,27-/m0/s1. The second-order valence-corrected chi connectivity index (χ2v) is 11.1. The highest BCUT2D eigenvalue weighted by atomic mass is 32.2. The van der Waals surface area contributed by atoms with Crippen molar-refractivity contribution in [1.29, 1.82) is 0 Å². The first kappa shape index (κ1) is 26.4. The Hall–Kier alpha value is -4.26. The van der Waals surface area contributed by atoms with Crippen LogP contribution in [0.5, 0.6) is 17.2 Å². The lowest BCUT2D eigenvalue weighted by molar-refractivity contribution is 0.0262. The molecule has 0 bridgehead atoms. The van der Waals surface area contributed by atoms with Gasteiger partial charge in [-0.15, -0.1) is 0 Å². The number of ketones is 2. The lowest BCUT2D eigenvalue weighted by Gasteiger charge is -2.38. The van der Waals surface area contributed by atoms with Gasteiger partial charge in [-0.3, -0.25) is 9.59 Å². The number of sulfonamides is 1. The highest BCUT2D eigenvalue weighted by Crippen LogP contribution is 2.51. The van der Waals surface area contributed by atoms with Gasteiger partial charge in [0.1, 0.15) is 22.8 Å². The average Bonchev–Trinajstić information content (AvgIpc) is 2.92. The maximum atomic E-state index is 13.4. The fraction of sp³-hybridized carbons (Fsp3) is 0.222. The van der Waals surface area contributed by atoms with Crippen LogP contribution in [0.2, 0.25) is 0 Å². The number of nitrogens with zero attached hydrogens (tertiary/aromatic N) is 1. The molecule has 0 aromatic heterocycles. The van der Waals surface area contributed by atoms with Gasteiger partial charge in [-0.1, -0.05) is 30.3 Å². The lowest BCUT2D eigenvalue weighted by atomic mass is 9.72. The van der Waals surface area contributed by atoms with E-state index in [2.05, 4.69) is 5.10 Å². The number of carbonyl (C=O) groups is 2. The van der Waals surface area contributed by atoms with E-state index in [0.717, 1.165) is 0 Å². The van der Waals surface area contributed by atoms with E-state index in [4.69, 9.17) is 4.74 Å². The summed E-state index contributed by atoms with van der Waals surface area (Å²) < 4.78 is 30.3. The number of aliphatic hydroxyl groups excluding tert-OH is 1. The number of rotatable bonds is 5. The maximum Gasteiger partial charge on any atom is 0.276 e. The van der Waals surface area contributed by atoms with Crippen LogP contribution in [0, 0.1) is 0 Å². The molecule has 39 heavy (non-hydrogen) atoms. The van der Waals surface area contributed by atoms with Crippen molar-refractivity contribution >= 4 is 27.3 Å². The molecule has 0 radical (unpaired) electrons. The summed E-state index contributed by atoms with van der Waals surface area (Å²) >= 11 is 0. The molecule has 0 saturated heterocycles. The Kier molecular flexibility index (Phi) is 6.21. The SMILES string of the molecule is COc1cccc2c1C(=O)c1c(O)c3c(c(O)c1C2=O)C[C@@](O)(/C(C)=N/NS(=O)(=O)c1ccccc1)C[C@@H]3O. The molecular weight excluding hydrogens is 528 g/mol. The molecule has 0 fully saturated rings. The first-order valence-corrected chi connectivity index (χ1v) is 13.3. The van der Waals surface area contributed by atoms with Crippen molar-refractivity contribution in [3.8, 4) is 17.2 Å². The number of phenols is 2. The molecule has 2 aliphatic carbocycles. The van der Waals surface area contributed by atoms with Crippen molar-refractivity contribution in [1.82, 2.24) is 4.83 Å². The number of methoxy groups -OCH3 is 1. The van der Waals surface area contributed by atoms with Crippen LogP contribution in [-0.4, -0.2) is 58.8 Å². The third-order valence-corrected chi connectivity index (χ3v) is 8.38. The number of hydrazone groups is 1. The van der Waals surface area contributed by atoms with Gasteiger partial charge >= 0.3 is 0 Å². The summed E-state index contributed by atoms with van der Waals surface area (Å²) in [6, 6.07) is 11.8. The van der Waals surface area contributed by atoms with Gasteiger partial charge < -0.3 is 25.2 Å². The van der Waals surface area contributed by atoms with E-state index in [9.17, 15) is 38.4 Å². The molecule has 202 valence electrons. The Morgan fingerprint density at radius 3 is 2.33 bits per heavy atom. The van der Waals surface area contributed by atoms with Crippen LogP contribution < -0.4 is 9.57 Å². The van der Waals surface area contributed by atoms with Crippen molar-refractivity contribution in [2.45, 2.75) is 36.4 Å². The molecule has 2 atom stereocenters. The van der Waals surface area contributed by atoms with Crippen LogP contribution in [-0.2, 0) is 16.4 Å². The number of fused-ring (bicyclic) bond motifs is 3. The number of hydrogen-bond donors (Lipinski definition) is 5. The Morgan fingerprint density at radius 2 is 1.67 bits per heavy atom. The fourth-order valence-corrected chi connectivity index (χ4v) is 5.98. The van der Waals surface area contributed by atoms with Crippen LogP contribution >= 0.6 is 0 Å². The summed E-state index contributed by atoms with van der Waals surface area (Å²) in [6.45, 7) is 1.33. The highest BCUT2D eigenvalue weighted by Gasteiger charge is 2.47. The van der Waals surface area contributed by atoms with Crippen LogP contribution in [0.15, 0.2) is 58.5 Å². The number of benzene rings is 3. The van der Waals surface area contributed by atoms with Crippen molar-refractivity contribution < 1.29 is 43.2 Å². The molecule has 5 rings (SSSR count).